The van der Waals surface area contributed by atoms with E-state index in [0.717, 1.165) is 22.3 Å². The Bertz CT molecular complexity index is 4590. The molecule has 0 fully saturated rings. The fourth-order valence-electron chi connectivity index (χ4n) is 11.6. The third kappa shape index (κ3) is 11.9. The van der Waals surface area contributed by atoms with Crippen LogP contribution in [0.1, 0.15) is 22.3 Å². The van der Waals surface area contributed by atoms with Crippen LogP contribution in [-0.4, -0.2) is 125 Å². The Balaban J connectivity index is 0.992. The number of benzene rings is 8. The Labute approximate surface area is 550 Å². The first-order valence-corrected chi connectivity index (χ1v) is 30.0. The largest absolute Gasteiger partial charge is 0.493 e. The molecule has 2 N–H and O–H groups in total. The highest BCUT2D eigenvalue weighted by Crippen LogP contribution is 2.45. The van der Waals surface area contributed by atoms with Crippen LogP contribution >= 0.6 is 0 Å². The van der Waals surface area contributed by atoms with E-state index in [4.69, 9.17) is 106 Å². The number of H-pyrrole nitrogens is 2. The van der Waals surface area contributed by atoms with Crippen LogP contribution in [0.15, 0.2) is 121 Å². The molecule has 13 rings (SSSR count). The topological polar surface area (TPSA) is 257 Å². The second-order valence-corrected chi connectivity index (χ2v) is 21.7. The van der Waals surface area contributed by atoms with E-state index >= 15 is 0 Å². The molecule has 96 heavy (non-hydrogen) atoms. The number of aromatic amines is 2. The summed E-state index contributed by atoms with van der Waals surface area (Å²) >= 11 is 0. The van der Waals surface area contributed by atoms with Crippen LogP contribution in [0, 0.1) is 0 Å². The lowest BCUT2D eigenvalue weighted by Gasteiger charge is -2.14. The van der Waals surface area contributed by atoms with Gasteiger partial charge in [-0.15, -0.1) is 0 Å². The van der Waals surface area contributed by atoms with Gasteiger partial charge in [-0.05, 0) is 144 Å². The van der Waals surface area contributed by atoms with Gasteiger partial charge in [-0.2, -0.15) is 0 Å². The standard InChI is InChI=1S/C72H66N8O16/c1-81-53-21-37(22-54(82-2)61(53)89-9)33-93-41-13-17-45-49(29-41)69-73-65(45)78-70-51-31-43(95-35-39-25-57(85-5)63(91-11)58(26-39)86-6)15-19-47(51)67(75-70)80-72-52-32-44(96-36-40-27-59(87-7)64(92-12)60(28-40)88-8)16-20-48(52)68(76-72)79-71-50-30-42(14-18-46(50)66(74-71)77-69)94-34-38-23-55(83-3)62(90-10)56(24-38)84-4/h13-32H,33-36H2,1-12H3,(H2,73,74,75,76,77,78,79,80). The first-order valence-electron chi connectivity index (χ1n) is 30.0. The zero-order valence-electron chi connectivity index (χ0n) is 54.6. The minimum Gasteiger partial charge on any atom is -0.493 e. The van der Waals surface area contributed by atoms with Crippen LogP contribution in [0.25, 0.3) is 89.7 Å². The minimum atomic E-state index is 0.149. The molecule has 0 spiro atoms. The normalized spacial score (nSPS) is 11.3. The van der Waals surface area contributed by atoms with Gasteiger partial charge in [-0.1, -0.05) is 0 Å². The van der Waals surface area contributed by atoms with E-state index in [0.29, 0.717) is 182 Å². The Hall–Kier alpha value is -12.1. The lowest BCUT2D eigenvalue weighted by molar-refractivity contribution is 0.298. The van der Waals surface area contributed by atoms with E-state index < -0.39 is 0 Å². The quantitative estimate of drug-likeness (QED) is 0.0570. The molecule has 8 aromatic carbocycles. The van der Waals surface area contributed by atoms with Crippen molar-refractivity contribution in [2.24, 2.45) is 0 Å². The van der Waals surface area contributed by atoms with E-state index in [1.807, 2.05) is 121 Å². The Morgan fingerprint density at radius 1 is 0.240 bits per heavy atom. The van der Waals surface area contributed by atoms with Crippen LogP contribution in [0.2, 0.25) is 0 Å². The molecule has 0 amide bonds. The molecule has 0 radical (unpaired) electrons. The van der Waals surface area contributed by atoms with Crippen molar-refractivity contribution in [1.29, 1.82) is 0 Å². The molecular weight excluding hydrogens is 1230 g/mol. The average molecular weight is 1300 g/mol. The number of nitrogens with one attached hydrogen (secondary N) is 2. The van der Waals surface area contributed by atoms with Crippen LogP contribution in [0.4, 0.5) is 0 Å². The average Bonchev–Trinajstić information content (AvgIpc) is 1.61. The van der Waals surface area contributed by atoms with Gasteiger partial charge in [0.15, 0.2) is 69.3 Å². The highest BCUT2D eigenvalue weighted by molar-refractivity contribution is 6.07. The van der Waals surface area contributed by atoms with E-state index in [1.165, 1.54) is 0 Å². The third-order valence-electron chi connectivity index (χ3n) is 16.2. The van der Waals surface area contributed by atoms with Gasteiger partial charge in [-0.25, -0.2) is 29.9 Å². The fourth-order valence-corrected chi connectivity index (χ4v) is 11.6. The van der Waals surface area contributed by atoms with Crippen molar-refractivity contribution in [3.8, 4) is 138 Å². The second kappa shape index (κ2) is 26.9. The zero-order chi connectivity index (χ0) is 66.7. The molecule has 0 unspecified atom stereocenters. The lowest BCUT2D eigenvalue weighted by Crippen LogP contribution is -2.00. The molecule has 24 nitrogen and oxygen atoms in total. The Morgan fingerprint density at radius 2 is 0.479 bits per heavy atom. The Kier molecular flexibility index (Phi) is 17.6. The molecule has 0 atom stereocenters. The number of ether oxygens (including phenoxy) is 16. The maximum atomic E-state index is 6.53. The van der Waals surface area contributed by atoms with Crippen LogP contribution < -0.4 is 75.8 Å². The smallest absolute Gasteiger partial charge is 0.203 e. The van der Waals surface area contributed by atoms with Crippen LogP contribution in [0.5, 0.6) is 92.0 Å². The van der Waals surface area contributed by atoms with Gasteiger partial charge in [0.05, 0.1) is 85.3 Å². The van der Waals surface area contributed by atoms with Crippen molar-refractivity contribution in [2.45, 2.75) is 26.4 Å². The zero-order valence-corrected chi connectivity index (χ0v) is 54.6. The number of nitrogens with zero attached hydrogens (tertiary/aromatic N) is 6. The first-order chi connectivity index (χ1) is 46.9. The highest BCUT2D eigenvalue weighted by atomic mass is 16.6. The first kappa shape index (κ1) is 62.7. The maximum Gasteiger partial charge on any atom is 0.203 e. The van der Waals surface area contributed by atoms with Crippen molar-refractivity contribution in [3.63, 3.8) is 0 Å². The van der Waals surface area contributed by atoms with Crippen molar-refractivity contribution in [2.75, 3.05) is 85.3 Å². The number of hydrogen-bond acceptors (Lipinski definition) is 22. The van der Waals surface area contributed by atoms with E-state index in [9.17, 15) is 0 Å². The Morgan fingerprint density at radius 3 is 0.740 bits per heavy atom. The predicted octanol–water partition coefficient (Wildman–Crippen LogP) is 13.3. The number of aromatic nitrogens is 8. The van der Waals surface area contributed by atoms with Crippen molar-refractivity contribution >= 4 is 44.1 Å². The molecule has 8 bridgehead atoms. The number of methoxy groups -OCH3 is 12. The van der Waals surface area contributed by atoms with Crippen molar-refractivity contribution < 1.29 is 75.8 Å². The summed E-state index contributed by atoms with van der Waals surface area (Å²) in [5.41, 5.74) is 7.43. The molecule has 2 aliphatic heterocycles. The van der Waals surface area contributed by atoms with Gasteiger partial charge in [-0.3, -0.25) is 0 Å². The molecular formula is C72H66N8O16. The number of rotatable bonds is 24. The minimum absolute atomic E-state index is 0.149. The van der Waals surface area contributed by atoms with Crippen molar-refractivity contribution in [3.05, 3.63) is 144 Å². The molecule has 2 aliphatic rings. The number of fused-ring (bicyclic) bond motifs is 20. The van der Waals surface area contributed by atoms with Crippen molar-refractivity contribution in [1.82, 2.24) is 39.9 Å². The summed E-state index contributed by atoms with van der Waals surface area (Å²) in [5, 5.41) is 2.73. The molecule has 5 heterocycles. The van der Waals surface area contributed by atoms with E-state index in [-0.39, 0.29) is 26.4 Å². The van der Waals surface area contributed by atoms with Gasteiger partial charge in [0.2, 0.25) is 23.0 Å². The molecule has 11 aromatic rings. The second-order valence-electron chi connectivity index (χ2n) is 21.7. The SMILES string of the molecule is COc1cc(COc2ccc3c(c2)-c2nc-3nc3[nH]c(nc4nc(nc5[nH]c(n2)c2ccc(OCc6cc(OC)c(OC)c(OC)c6)cc52)-c2ccc(OCc5cc(OC)c(OC)c(OC)c5)cc2-4)c2ccc(OCc4cc(OC)c(OC)c(OC)c4)cc32)cc(OC)c1OC. The van der Waals surface area contributed by atoms with E-state index in [1.54, 1.807) is 85.3 Å². The van der Waals surface area contributed by atoms with Gasteiger partial charge in [0, 0.05) is 43.8 Å². The van der Waals surface area contributed by atoms with Gasteiger partial charge >= 0.3 is 0 Å². The summed E-state index contributed by atoms with van der Waals surface area (Å²) in [6.07, 6.45) is 0. The monoisotopic (exact) mass is 1300 g/mol. The summed E-state index contributed by atoms with van der Waals surface area (Å²) in [7, 11) is 18.8. The summed E-state index contributed by atoms with van der Waals surface area (Å²) in [6.45, 7) is 0.600. The molecule has 3 aromatic heterocycles. The summed E-state index contributed by atoms with van der Waals surface area (Å²) < 4.78 is 93.8. The van der Waals surface area contributed by atoms with Gasteiger partial charge in [0.1, 0.15) is 72.0 Å². The number of hydrogen-bond donors (Lipinski definition) is 2. The highest BCUT2D eigenvalue weighted by Gasteiger charge is 2.26. The molecule has 490 valence electrons. The molecule has 24 heteroatoms. The summed E-state index contributed by atoms with van der Waals surface area (Å²) in [5.74, 6) is 9.29. The molecule has 0 saturated carbocycles. The summed E-state index contributed by atoms with van der Waals surface area (Å²) in [6, 6.07) is 37.5. The van der Waals surface area contributed by atoms with Crippen LogP contribution in [-0.2, 0) is 26.4 Å². The summed E-state index contributed by atoms with van der Waals surface area (Å²) in [4.78, 5) is 38.9. The molecule has 0 aliphatic carbocycles. The molecule has 0 saturated heterocycles. The van der Waals surface area contributed by atoms with Gasteiger partial charge in [0.25, 0.3) is 0 Å². The van der Waals surface area contributed by atoms with Crippen LogP contribution in [0.3, 0.4) is 0 Å². The predicted molar refractivity (Wildman–Crippen MR) is 358 cm³/mol. The lowest BCUT2D eigenvalue weighted by atomic mass is 10.1. The maximum absolute atomic E-state index is 6.53. The van der Waals surface area contributed by atoms with E-state index in [2.05, 4.69) is 9.97 Å². The third-order valence-corrected chi connectivity index (χ3v) is 16.2. The van der Waals surface area contributed by atoms with Gasteiger partial charge < -0.3 is 85.8 Å². The fraction of sp³-hybridized carbons (Fsp3) is 0.222.